The molecule has 0 aliphatic heterocycles. The topological polar surface area (TPSA) is 38.7 Å². The molecule has 0 aliphatic carbocycles. The molecule has 0 N–H and O–H groups in total. The van der Waals surface area contributed by atoms with E-state index in [-0.39, 0.29) is 5.41 Å². The van der Waals surface area contributed by atoms with Crippen molar-refractivity contribution in [2.45, 2.75) is 32.6 Å². The fraction of sp³-hybridized carbons (Fsp3) is 0.417. The SMILES string of the molecule is CCC(C)(C)c1csc(-c2ccnnc2)n1. The minimum atomic E-state index is 0.148. The van der Waals surface area contributed by atoms with Gasteiger partial charge in [0, 0.05) is 16.4 Å². The van der Waals surface area contributed by atoms with Crippen molar-refractivity contribution < 1.29 is 0 Å². The monoisotopic (exact) mass is 233 g/mol. The van der Waals surface area contributed by atoms with Gasteiger partial charge < -0.3 is 0 Å². The summed E-state index contributed by atoms with van der Waals surface area (Å²) in [7, 11) is 0. The van der Waals surface area contributed by atoms with Gasteiger partial charge in [0.25, 0.3) is 0 Å². The van der Waals surface area contributed by atoms with Gasteiger partial charge in [-0.25, -0.2) is 4.98 Å². The van der Waals surface area contributed by atoms with Crippen LogP contribution in [0.25, 0.3) is 10.6 Å². The highest BCUT2D eigenvalue weighted by Crippen LogP contribution is 2.31. The average molecular weight is 233 g/mol. The fourth-order valence-corrected chi connectivity index (χ4v) is 2.32. The first-order valence-corrected chi connectivity index (χ1v) is 6.24. The molecule has 0 fully saturated rings. The smallest absolute Gasteiger partial charge is 0.125 e. The molecule has 0 radical (unpaired) electrons. The summed E-state index contributed by atoms with van der Waals surface area (Å²) in [4.78, 5) is 4.67. The van der Waals surface area contributed by atoms with E-state index in [1.54, 1.807) is 23.7 Å². The van der Waals surface area contributed by atoms with E-state index in [9.17, 15) is 0 Å². The Hall–Kier alpha value is -1.29. The maximum Gasteiger partial charge on any atom is 0.125 e. The third-order valence-corrected chi connectivity index (χ3v) is 3.80. The highest BCUT2D eigenvalue weighted by molar-refractivity contribution is 7.13. The second-order valence-electron chi connectivity index (χ2n) is 4.41. The van der Waals surface area contributed by atoms with Crippen molar-refractivity contribution in [3.63, 3.8) is 0 Å². The van der Waals surface area contributed by atoms with Gasteiger partial charge in [0.1, 0.15) is 5.01 Å². The summed E-state index contributed by atoms with van der Waals surface area (Å²) >= 11 is 1.67. The number of aromatic nitrogens is 3. The number of hydrogen-bond acceptors (Lipinski definition) is 4. The summed E-state index contributed by atoms with van der Waals surface area (Å²) in [5.41, 5.74) is 2.35. The van der Waals surface area contributed by atoms with Gasteiger partial charge in [-0.1, -0.05) is 20.8 Å². The Morgan fingerprint density at radius 3 is 2.75 bits per heavy atom. The van der Waals surface area contributed by atoms with E-state index < -0.39 is 0 Å². The molecule has 0 bridgehead atoms. The molecule has 0 saturated carbocycles. The Morgan fingerprint density at radius 1 is 1.31 bits per heavy atom. The van der Waals surface area contributed by atoms with Crippen LogP contribution in [-0.2, 0) is 5.41 Å². The molecule has 0 amide bonds. The van der Waals surface area contributed by atoms with E-state index in [1.165, 1.54) is 0 Å². The molecule has 2 aromatic heterocycles. The van der Waals surface area contributed by atoms with Gasteiger partial charge in [-0.2, -0.15) is 10.2 Å². The molecule has 16 heavy (non-hydrogen) atoms. The van der Waals surface area contributed by atoms with Crippen LogP contribution in [0.15, 0.2) is 23.8 Å². The van der Waals surface area contributed by atoms with Crippen LogP contribution in [-0.4, -0.2) is 15.2 Å². The van der Waals surface area contributed by atoms with Gasteiger partial charge >= 0.3 is 0 Å². The lowest BCUT2D eigenvalue weighted by Gasteiger charge is -2.19. The lowest BCUT2D eigenvalue weighted by atomic mass is 9.87. The van der Waals surface area contributed by atoms with E-state index in [4.69, 9.17) is 0 Å². The highest BCUT2D eigenvalue weighted by Gasteiger charge is 2.21. The Morgan fingerprint density at radius 2 is 2.12 bits per heavy atom. The first-order chi connectivity index (χ1) is 7.63. The largest absolute Gasteiger partial charge is 0.240 e. The molecule has 0 saturated heterocycles. The molecule has 0 spiro atoms. The summed E-state index contributed by atoms with van der Waals surface area (Å²) in [6.07, 6.45) is 4.54. The molecule has 2 aromatic rings. The molecular weight excluding hydrogens is 218 g/mol. The van der Waals surface area contributed by atoms with Crippen LogP contribution in [0.4, 0.5) is 0 Å². The Bertz CT molecular complexity index is 462. The number of nitrogens with zero attached hydrogens (tertiary/aromatic N) is 3. The van der Waals surface area contributed by atoms with Crippen molar-refractivity contribution in [1.29, 1.82) is 0 Å². The quantitative estimate of drug-likeness (QED) is 0.816. The Balaban J connectivity index is 2.34. The second kappa shape index (κ2) is 4.29. The predicted octanol–water partition coefficient (Wildman–Crippen LogP) is 3.29. The van der Waals surface area contributed by atoms with Gasteiger partial charge in [0.2, 0.25) is 0 Å². The van der Waals surface area contributed by atoms with Gasteiger partial charge in [0.05, 0.1) is 18.1 Å². The van der Waals surface area contributed by atoms with E-state index in [1.807, 2.05) is 6.07 Å². The molecule has 2 heterocycles. The van der Waals surface area contributed by atoms with Crippen molar-refractivity contribution in [2.75, 3.05) is 0 Å². The Labute approximate surface area is 99.6 Å². The van der Waals surface area contributed by atoms with Crippen LogP contribution in [0, 0.1) is 0 Å². The van der Waals surface area contributed by atoms with Crippen molar-refractivity contribution in [3.05, 3.63) is 29.5 Å². The molecule has 0 aliphatic rings. The summed E-state index contributed by atoms with van der Waals surface area (Å²) in [5.74, 6) is 0. The average Bonchev–Trinajstić information content (AvgIpc) is 2.80. The van der Waals surface area contributed by atoms with Gasteiger partial charge in [-0.3, -0.25) is 0 Å². The summed E-state index contributed by atoms with van der Waals surface area (Å²) < 4.78 is 0. The van der Waals surface area contributed by atoms with E-state index in [0.717, 1.165) is 22.7 Å². The van der Waals surface area contributed by atoms with Crippen LogP contribution in [0.2, 0.25) is 0 Å². The van der Waals surface area contributed by atoms with Crippen molar-refractivity contribution in [2.24, 2.45) is 0 Å². The van der Waals surface area contributed by atoms with E-state index >= 15 is 0 Å². The molecule has 0 atom stereocenters. The Kier molecular flexibility index (Phi) is 3.01. The third-order valence-electron chi connectivity index (χ3n) is 2.91. The van der Waals surface area contributed by atoms with E-state index in [2.05, 4.69) is 41.3 Å². The molecular formula is C12H15N3S. The normalized spacial score (nSPS) is 11.7. The summed E-state index contributed by atoms with van der Waals surface area (Å²) in [5, 5.41) is 10.8. The molecule has 0 aromatic carbocycles. The van der Waals surface area contributed by atoms with Gasteiger partial charge in [-0.15, -0.1) is 11.3 Å². The van der Waals surface area contributed by atoms with Crippen LogP contribution < -0.4 is 0 Å². The van der Waals surface area contributed by atoms with Crippen molar-refractivity contribution in [1.82, 2.24) is 15.2 Å². The zero-order valence-electron chi connectivity index (χ0n) is 9.77. The minimum Gasteiger partial charge on any atom is -0.240 e. The minimum absolute atomic E-state index is 0.148. The first kappa shape index (κ1) is 11.2. The maximum absolute atomic E-state index is 4.67. The molecule has 0 unspecified atom stereocenters. The second-order valence-corrected chi connectivity index (χ2v) is 5.26. The first-order valence-electron chi connectivity index (χ1n) is 5.36. The number of thiazole rings is 1. The van der Waals surface area contributed by atoms with Gasteiger partial charge in [0.15, 0.2) is 0 Å². The van der Waals surface area contributed by atoms with Crippen molar-refractivity contribution in [3.8, 4) is 10.6 Å². The zero-order valence-corrected chi connectivity index (χ0v) is 10.6. The summed E-state index contributed by atoms with van der Waals surface area (Å²) in [6.45, 7) is 6.63. The lowest BCUT2D eigenvalue weighted by Crippen LogP contribution is -2.15. The summed E-state index contributed by atoms with van der Waals surface area (Å²) in [6, 6.07) is 1.94. The van der Waals surface area contributed by atoms with Crippen LogP contribution in [0.1, 0.15) is 32.9 Å². The molecule has 2 rings (SSSR count). The fourth-order valence-electron chi connectivity index (χ4n) is 1.32. The molecule has 3 nitrogen and oxygen atoms in total. The van der Waals surface area contributed by atoms with Crippen LogP contribution in [0.5, 0.6) is 0 Å². The van der Waals surface area contributed by atoms with Gasteiger partial charge in [-0.05, 0) is 12.5 Å². The number of hydrogen-bond donors (Lipinski definition) is 0. The predicted molar refractivity (Wildman–Crippen MR) is 66.5 cm³/mol. The maximum atomic E-state index is 4.67. The highest BCUT2D eigenvalue weighted by atomic mass is 32.1. The molecule has 4 heteroatoms. The van der Waals surface area contributed by atoms with E-state index in [0.29, 0.717) is 0 Å². The zero-order chi connectivity index (χ0) is 11.6. The van der Waals surface area contributed by atoms with Crippen LogP contribution >= 0.6 is 11.3 Å². The lowest BCUT2D eigenvalue weighted by molar-refractivity contribution is 0.493. The number of rotatable bonds is 3. The standard InChI is InChI=1S/C12H15N3S/c1-4-12(2,3)10-8-16-11(15-10)9-5-6-13-14-7-9/h5-8H,4H2,1-3H3. The molecule has 84 valence electrons. The third kappa shape index (κ3) is 2.11. The van der Waals surface area contributed by atoms with Crippen LogP contribution in [0.3, 0.4) is 0 Å². The van der Waals surface area contributed by atoms with Crippen molar-refractivity contribution >= 4 is 11.3 Å².